The second-order valence-corrected chi connectivity index (χ2v) is 5.13. The molecule has 5 nitrogen and oxygen atoms in total. The summed E-state index contributed by atoms with van der Waals surface area (Å²) in [5.41, 5.74) is 0.952. The molecule has 19 heavy (non-hydrogen) atoms. The van der Waals surface area contributed by atoms with Gasteiger partial charge in [-0.3, -0.25) is 4.90 Å². The number of carboxylic acid groups (broad SMARTS) is 1. The van der Waals surface area contributed by atoms with E-state index in [0.29, 0.717) is 11.8 Å². The number of aliphatic hydroxyl groups excluding tert-OH is 1. The first-order valence-corrected chi connectivity index (χ1v) is 6.79. The summed E-state index contributed by atoms with van der Waals surface area (Å²) in [6.45, 7) is 3.81. The largest absolute Gasteiger partial charge is 0.475 e. The van der Waals surface area contributed by atoms with Crippen molar-refractivity contribution >= 4 is 5.97 Å². The average molecular weight is 267 g/mol. The molecule has 2 heterocycles. The van der Waals surface area contributed by atoms with Gasteiger partial charge in [0.25, 0.3) is 0 Å². The molecule has 0 radical (unpaired) electrons. The molecule has 0 saturated carbocycles. The number of furan rings is 1. The molecule has 1 fully saturated rings. The fraction of sp³-hybridized carbons (Fsp3) is 0.643. The second-order valence-electron chi connectivity index (χ2n) is 5.13. The van der Waals surface area contributed by atoms with Gasteiger partial charge in [0.05, 0.1) is 0 Å². The Balaban J connectivity index is 2.01. The van der Waals surface area contributed by atoms with Crippen LogP contribution in [0.3, 0.4) is 0 Å². The van der Waals surface area contributed by atoms with Crippen LogP contribution in [-0.4, -0.2) is 40.3 Å². The van der Waals surface area contributed by atoms with Crippen LogP contribution in [0.5, 0.6) is 0 Å². The van der Waals surface area contributed by atoms with E-state index in [0.717, 1.165) is 37.9 Å². The Morgan fingerprint density at radius 2 is 2.37 bits per heavy atom. The highest BCUT2D eigenvalue weighted by molar-refractivity contribution is 5.84. The lowest BCUT2D eigenvalue weighted by atomic mass is 10.1. The summed E-state index contributed by atoms with van der Waals surface area (Å²) in [5.74, 6) is -0.323. The number of aryl methyl sites for hydroxylation is 1. The zero-order valence-electron chi connectivity index (χ0n) is 11.3. The van der Waals surface area contributed by atoms with E-state index in [4.69, 9.17) is 14.6 Å². The summed E-state index contributed by atoms with van der Waals surface area (Å²) in [6, 6.07) is 2.12. The van der Waals surface area contributed by atoms with Gasteiger partial charge in [-0.15, -0.1) is 0 Å². The summed E-state index contributed by atoms with van der Waals surface area (Å²) in [4.78, 5) is 13.2. The van der Waals surface area contributed by atoms with Crippen molar-refractivity contribution in [1.82, 2.24) is 4.90 Å². The lowest BCUT2D eigenvalue weighted by Gasteiger charge is -2.23. The molecule has 1 unspecified atom stereocenters. The van der Waals surface area contributed by atoms with Crippen molar-refractivity contribution in [1.29, 1.82) is 0 Å². The first-order chi connectivity index (χ1) is 9.11. The molecular weight excluding hydrogens is 246 g/mol. The van der Waals surface area contributed by atoms with Gasteiger partial charge in [-0.2, -0.15) is 0 Å². The van der Waals surface area contributed by atoms with Crippen LogP contribution < -0.4 is 0 Å². The standard InChI is InChI=1S/C14H21NO4/c1-10-11(8-13(19-10)14(17)18)9-15-6-2-4-12(15)5-3-7-16/h8,12,16H,2-7,9H2,1H3,(H,17,18). The van der Waals surface area contributed by atoms with E-state index >= 15 is 0 Å². The third-order valence-electron chi connectivity index (χ3n) is 3.80. The molecule has 5 heteroatoms. The van der Waals surface area contributed by atoms with Crippen molar-refractivity contribution in [2.24, 2.45) is 0 Å². The van der Waals surface area contributed by atoms with Gasteiger partial charge in [-0.05, 0) is 45.2 Å². The van der Waals surface area contributed by atoms with Crippen LogP contribution in [-0.2, 0) is 6.54 Å². The summed E-state index contributed by atoms with van der Waals surface area (Å²) < 4.78 is 5.24. The maximum atomic E-state index is 10.9. The van der Waals surface area contributed by atoms with Gasteiger partial charge in [-0.25, -0.2) is 4.79 Å². The minimum Gasteiger partial charge on any atom is -0.475 e. The molecule has 1 saturated heterocycles. The zero-order valence-corrected chi connectivity index (χ0v) is 11.3. The van der Waals surface area contributed by atoms with E-state index in [1.807, 2.05) is 0 Å². The zero-order chi connectivity index (χ0) is 13.8. The predicted molar refractivity (Wildman–Crippen MR) is 70.2 cm³/mol. The van der Waals surface area contributed by atoms with Crippen molar-refractivity contribution in [3.63, 3.8) is 0 Å². The van der Waals surface area contributed by atoms with Crippen LogP contribution in [0.15, 0.2) is 10.5 Å². The summed E-state index contributed by atoms with van der Waals surface area (Å²) in [7, 11) is 0. The number of hydrogen-bond acceptors (Lipinski definition) is 4. The van der Waals surface area contributed by atoms with E-state index in [9.17, 15) is 4.79 Å². The lowest BCUT2D eigenvalue weighted by Crippen LogP contribution is -2.29. The monoisotopic (exact) mass is 267 g/mol. The number of rotatable bonds is 6. The Morgan fingerprint density at radius 1 is 1.58 bits per heavy atom. The third kappa shape index (κ3) is 3.36. The SMILES string of the molecule is Cc1oc(C(=O)O)cc1CN1CCCC1CCCO. The molecule has 0 bridgehead atoms. The lowest BCUT2D eigenvalue weighted by molar-refractivity contribution is 0.0661. The Kier molecular flexibility index (Phi) is 4.61. The molecule has 1 aromatic rings. The number of nitrogens with zero attached hydrogens (tertiary/aromatic N) is 1. The molecule has 1 atom stereocenters. The van der Waals surface area contributed by atoms with E-state index in [1.54, 1.807) is 13.0 Å². The molecule has 1 aliphatic heterocycles. The number of carbonyl (C=O) groups is 1. The number of carboxylic acids is 1. The fourth-order valence-electron chi connectivity index (χ4n) is 2.76. The predicted octanol–water partition coefficient (Wildman–Crippen LogP) is 2.02. The molecule has 0 aliphatic carbocycles. The molecule has 0 aromatic carbocycles. The Hall–Kier alpha value is -1.33. The Bertz CT molecular complexity index is 441. The maximum Gasteiger partial charge on any atom is 0.371 e. The van der Waals surface area contributed by atoms with Crippen LogP contribution in [0.4, 0.5) is 0 Å². The minimum atomic E-state index is -1.02. The van der Waals surface area contributed by atoms with Gasteiger partial charge in [-0.1, -0.05) is 0 Å². The fourth-order valence-corrected chi connectivity index (χ4v) is 2.76. The first-order valence-electron chi connectivity index (χ1n) is 6.79. The smallest absolute Gasteiger partial charge is 0.371 e. The molecule has 106 valence electrons. The maximum absolute atomic E-state index is 10.9. The van der Waals surface area contributed by atoms with Gasteiger partial charge >= 0.3 is 5.97 Å². The van der Waals surface area contributed by atoms with Gasteiger partial charge in [0.2, 0.25) is 5.76 Å². The van der Waals surface area contributed by atoms with Crippen molar-refractivity contribution in [2.45, 2.75) is 45.2 Å². The first kappa shape index (κ1) is 14.1. The van der Waals surface area contributed by atoms with Gasteiger partial charge < -0.3 is 14.6 Å². The average Bonchev–Trinajstić information content (AvgIpc) is 2.95. The third-order valence-corrected chi connectivity index (χ3v) is 3.80. The molecule has 1 aromatic heterocycles. The number of hydrogen-bond donors (Lipinski definition) is 2. The molecule has 2 rings (SSSR count). The van der Waals surface area contributed by atoms with Gasteiger partial charge in [0, 0.05) is 24.8 Å². The molecule has 2 N–H and O–H groups in total. The van der Waals surface area contributed by atoms with Crippen molar-refractivity contribution in [2.75, 3.05) is 13.2 Å². The van der Waals surface area contributed by atoms with Gasteiger partial charge in [0.1, 0.15) is 5.76 Å². The summed E-state index contributed by atoms with van der Waals surface area (Å²) in [6.07, 6.45) is 4.15. The second kappa shape index (κ2) is 6.21. The minimum absolute atomic E-state index is 0.0126. The van der Waals surface area contributed by atoms with Crippen LogP contribution in [0.2, 0.25) is 0 Å². The Labute approximate surface area is 112 Å². The van der Waals surface area contributed by atoms with Crippen LogP contribution in [0.1, 0.15) is 47.6 Å². The Morgan fingerprint density at radius 3 is 3.00 bits per heavy atom. The highest BCUT2D eigenvalue weighted by Crippen LogP contribution is 2.25. The van der Waals surface area contributed by atoms with E-state index in [2.05, 4.69) is 4.90 Å². The van der Waals surface area contributed by atoms with E-state index < -0.39 is 5.97 Å². The van der Waals surface area contributed by atoms with Gasteiger partial charge in [0.15, 0.2) is 0 Å². The topological polar surface area (TPSA) is 73.9 Å². The van der Waals surface area contributed by atoms with Crippen molar-refractivity contribution in [3.05, 3.63) is 23.2 Å². The highest BCUT2D eigenvalue weighted by Gasteiger charge is 2.25. The molecule has 1 aliphatic rings. The van der Waals surface area contributed by atoms with Crippen LogP contribution in [0, 0.1) is 6.92 Å². The summed E-state index contributed by atoms with van der Waals surface area (Å²) >= 11 is 0. The summed E-state index contributed by atoms with van der Waals surface area (Å²) in [5, 5.41) is 17.8. The van der Waals surface area contributed by atoms with E-state index in [-0.39, 0.29) is 12.4 Å². The van der Waals surface area contributed by atoms with Crippen molar-refractivity contribution in [3.8, 4) is 0 Å². The van der Waals surface area contributed by atoms with E-state index in [1.165, 1.54) is 6.42 Å². The number of aliphatic hydroxyl groups is 1. The molecular formula is C14H21NO4. The van der Waals surface area contributed by atoms with Crippen LogP contribution in [0.25, 0.3) is 0 Å². The van der Waals surface area contributed by atoms with Crippen LogP contribution >= 0.6 is 0 Å². The molecule has 0 spiro atoms. The molecule has 0 amide bonds. The normalized spacial score (nSPS) is 20.0. The number of aromatic carboxylic acids is 1. The quantitative estimate of drug-likeness (QED) is 0.825. The van der Waals surface area contributed by atoms with Crippen molar-refractivity contribution < 1.29 is 19.4 Å². The number of likely N-dealkylation sites (tertiary alicyclic amines) is 1. The highest BCUT2D eigenvalue weighted by atomic mass is 16.4.